The highest BCUT2D eigenvalue weighted by atomic mass is 35.5. The number of aromatic nitrogens is 2. The van der Waals surface area contributed by atoms with E-state index in [9.17, 15) is 18.3 Å². The van der Waals surface area contributed by atoms with Crippen LogP contribution in [0.15, 0.2) is 36.5 Å². The predicted molar refractivity (Wildman–Crippen MR) is 130 cm³/mol. The first kappa shape index (κ1) is 25.6. The zero-order valence-corrected chi connectivity index (χ0v) is 19.6. The van der Waals surface area contributed by atoms with Gasteiger partial charge in [-0.15, -0.1) is 0 Å². The average molecular weight is 490 g/mol. The Balaban J connectivity index is 0.00000158. The Bertz CT molecular complexity index is 1190. The van der Waals surface area contributed by atoms with Gasteiger partial charge in [-0.3, -0.25) is 4.98 Å². The Morgan fingerprint density at radius 3 is 2.53 bits per heavy atom. The van der Waals surface area contributed by atoms with Crippen LogP contribution in [0.1, 0.15) is 25.0 Å². The molecular formula is C23H24BClF3N5O. The molecule has 0 spiro atoms. The Kier molecular flexibility index (Phi) is 8.23. The Labute approximate surface area is 201 Å². The van der Waals surface area contributed by atoms with Crippen molar-refractivity contribution in [2.45, 2.75) is 39.3 Å². The van der Waals surface area contributed by atoms with Crippen LogP contribution in [0.4, 0.5) is 30.2 Å². The number of nitrogens with one attached hydrogen (secondary N) is 1. The number of fused-ring (bicyclic) bond motifs is 1. The van der Waals surface area contributed by atoms with E-state index >= 15 is 0 Å². The number of anilines is 3. The van der Waals surface area contributed by atoms with Crippen LogP contribution in [0.5, 0.6) is 0 Å². The van der Waals surface area contributed by atoms with Gasteiger partial charge in [-0.25, -0.2) is 10.2 Å². The van der Waals surface area contributed by atoms with Gasteiger partial charge in [-0.1, -0.05) is 25.4 Å². The third kappa shape index (κ3) is 5.54. The smallest absolute Gasteiger partial charge is 0.392 e. The number of pyridine rings is 2. The van der Waals surface area contributed by atoms with Crippen LogP contribution in [0.2, 0.25) is 17.8 Å². The lowest BCUT2D eigenvalue weighted by atomic mass is 9.45. The van der Waals surface area contributed by atoms with E-state index in [4.69, 9.17) is 16.9 Å². The largest absolute Gasteiger partial charge is 0.418 e. The first-order valence-corrected chi connectivity index (χ1v) is 11.4. The second-order valence-corrected chi connectivity index (χ2v) is 7.95. The fourth-order valence-corrected chi connectivity index (χ4v) is 4.00. The fourth-order valence-electron chi connectivity index (χ4n) is 3.85. The Hall–Kier alpha value is -3.03. The zero-order chi connectivity index (χ0) is 24.9. The highest BCUT2D eigenvalue weighted by Crippen LogP contribution is 2.40. The molecule has 0 bridgehead atoms. The number of rotatable bonds is 4. The molecule has 0 radical (unpaired) electrons. The maximum Gasteiger partial charge on any atom is 0.418 e. The lowest BCUT2D eigenvalue weighted by Gasteiger charge is -2.32. The summed E-state index contributed by atoms with van der Waals surface area (Å²) in [6.07, 6.45) is -2.06. The molecule has 0 atom stereocenters. The monoisotopic (exact) mass is 489 g/mol. The van der Waals surface area contributed by atoms with Crippen molar-refractivity contribution < 1.29 is 18.3 Å². The molecule has 1 aromatic carbocycles. The third-order valence-electron chi connectivity index (χ3n) is 5.52. The lowest BCUT2D eigenvalue weighted by Crippen LogP contribution is -2.37. The van der Waals surface area contributed by atoms with Gasteiger partial charge in [0.15, 0.2) is 0 Å². The van der Waals surface area contributed by atoms with Crippen LogP contribution >= 0.6 is 11.6 Å². The molecule has 1 saturated heterocycles. The number of nitriles is 1. The number of nitrogens with zero attached hydrogens (tertiary/aromatic N) is 4. The molecule has 0 aliphatic carbocycles. The second kappa shape index (κ2) is 10.9. The van der Waals surface area contributed by atoms with Crippen LogP contribution in [0.25, 0.3) is 11.0 Å². The number of hydrogen-bond acceptors (Lipinski definition) is 6. The van der Waals surface area contributed by atoms with Crippen molar-refractivity contribution in [3.05, 3.63) is 52.8 Å². The first-order chi connectivity index (χ1) is 16.3. The highest BCUT2D eigenvalue weighted by molar-refractivity contribution is 6.67. The zero-order valence-electron chi connectivity index (χ0n) is 18.8. The number of aliphatic hydroxyl groups is 1. The maximum absolute atomic E-state index is 13.9. The van der Waals surface area contributed by atoms with Gasteiger partial charge in [0.25, 0.3) is 6.71 Å². The molecule has 0 unspecified atom stereocenters. The number of aliphatic hydroxyl groups excluding tert-OH is 1. The summed E-state index contributed by atoms with van der Waals surface area (Å²) >= 11 is 6.00. The summed E-state index contributed by atoms with van der Waals surface area (Å²) in [6.45, 7) is 4.27. The summed E-state index contributed by atoms with van der Waals surface area (Å²) in [5.74, 6) is 2.19. The molecule has 0 saturated carbocycles. The molecule has 2 N–H and O–H groups in total. The van der Waals surface area contributed by atoms with Crippen molar-refractivity contribution in [2.24, 2.45) is 0 Å². The average Bonchev–Trinajstić information content (AvgIpc) is 2.85. The van der Waals surface area contributed by atoms with Gasteiger partial charge >= 0.3 is 6.18 Å². The SMILES string of the molecule is CC.N#CB1CCN(c2ccc(Nc3c(CO)cnc4ccc(Cl)nc34)cc2C(F)(F)F)CC1. The summed E-state index contributed by atoms with van der Waals surface area (Å²) in [7, 11) is 0. The van der Waals surface area contributed by atoms with Crippen molar-refractivity contribution in [1.29, 1.82) is 5.26 Å². The minimum Gasteiger partial charge on any atom is -0.392 e. The molecular weight excluding hydrogens is 466 g/mol. The lowest BCUT2D eigenvalue weighted by molar-refractivity contribution is -0.137. The van der Waals surface area contributed by atoms with Crippen LogP contribution in [0, 0.1) is 11.2 Å². The predicted octanol–water partition coefficient (Wildman–Crippen LogP) is 5.94. The number of halogens is 4. The van der Waals surface area contributed by atoms with Crippen LogP contribution < -0.4 is 10.2 Å². The van der Waals surface area contributed by atoms with E-state index in [0.29, 0.717) is 48.0 Å². The minimum absolute atomic E-state index is 0.0857. The molecule has 1 aliphatic heterocycles. The second-order valence-electron chi connectivity index (χ2n) is 7.56. The molecule has 1 aliphatic rings. The van der Waals surface area contributed by atoms with Gasteiger partial charge in [-0.2, -0.15) is 13.2 Å². The number of alkyl halides is 3. The summed E-state index contributed by atoms with van der Waals surface area (Å²) in [6, 6.07) is 7.24. The topological polar surface area (TPSA) is 85.1 Å². The van der Waals surface area contributed by atoms with Gasteiger partial charge < -0.3 is 15.3 Å². The minimum atomic E-state index is -4.57. The third-order valence-corrected chi connectivity index (χ3v) is 5.73. The standard InChI is InChI=1S/C21H18BClF3N5O.C2H6/c23-18-4-2-16-20(30-18)19(13(11-32)10-28-16)29-14-1-3-17(15(9-14)21(24,25)26)31-7-5-22(12-27)6-8-31;1-2/h1-4,9-10,32H,5-8,11H2,(H,28,29);1-2H3. The molecule has 6 nitrogen and oxygen atoms in total. The highest BCUT2D eigenvalue weighted by Gasteiger charge is 2.36. The van der Waals surface area contributed by atoms with Crippen molar-refractivity contribution in [2.75, 3.05) is 23.3 Å². The Morgan fingerprint density at radius 1 is 1.21 bits per heavy atom. The first-order valence-electron chi connectivity index (χ1n) is 11.0. The van der Waals surface area contributed by atoms with Crippen LogP contribution in [-0.4, -0.2) is 34.9 Å². The summed E-state index contributed by atoms with van der Waals surface area (Å²) < 4.78 is 41.8. The quantitative estimate of drug-likeness (QED) is 0.348. The molecule has 34 heavy (non-hydrogen) atoms. The fraction of sp³-hybridized carbons (Fsp3) is 0.348. The van der Waals surface area contributed by atoms with Crippen LogP contribution in [-0.2, 0) is 12.8 Å². The van der Waals surface area contributed by atoms with E-state index in [1.807, 2.05) is 13.8 Å². The normalized spacial score (nSPS) is 13.8. The van der Waals surface area contributed by atoms with Crippen molar-refractivity contribution in [3.63, 3.8) is 0 Å². The number of benzene rings is 1. The van der Waals surface area contributed by atoms with Gasteiger partial charge in [0.1, 0.15) is 10.7 Å². The van der Waals surface area contributed by atoms with E-state index in [2.05, 4.69) is 21.3 Å². The van der Waals surface area contributed by atoms with Gasteiger partial charge in [-0.05, 0) is 43.0 Å². The molecule has 11 heteroatoms. The summed E-state index contributed by atoms with van der Waals surface area (Å²) in [4.78, 5) is 10.1. The van der Waals surface area contributed by atoms with E-state index in [1.165, 1.54) is 12.3 Å². The maximum atomic E-state index is 13.9. The van der Waals surface area contributed by atoms with Gasteiger partial charge in [0.2, 0.25) is 0 Å². The van der Waals surface area contributed by atoms with Crippen molar-refractivity contribution >= 4 is 46.4 Å². The molecule has 3 aromatic rings. The summed E-state index contributed by atoms with van der Waals surface area (Å²) in [5.41, 5.74) is 1.06. The molecule has 178 valence electrons. The van der Waals surface area contributed by atoms with Crippen molar-refractivity contribution in [1.82, 2.24) is 9.97 Å². The van der Waals surface area contributed by atoms with Gasteiger partial charge in [0.05, 0.1) is 23.4 Å². The molecule has 3 heterocycles. The summed E-state index contributed by atoms with van der Waals surface area (Å²) in [5, 5.41) is 21.9. The van der Waals surface area contributed by atoms with E-state index < -0.39 is 11.7 Å². The van der Waals surface area contributed by atoms with E-state index in [1.54, 1.807) is 23.1 Å². The molecule has 0 amide bonds. The van der Waals surface area contributed by atoms with Crippen LogP contribution in [0.3, 0.4) is 0 Å². The van der Waals surface area contributed by atoms with E-state index in [-0.39, 0.29) is 29.8 Å². The van der Waals surface area contributed by atoms with E-state index in [0.717, 1.165) is 6.07 Å². The van der Waals surface area contributed by atoms with Gasteiger partial charge in [0, 0.05) is 42.2 Å². The molecule has 1 fully saturated rings. The van der Waals surface area contributed by atoms with Crippen molar-refractivity contribution in [3.8, 4) is 5.97 Å². The molecule has 2 aromatic heterocycles. The Morgan fingerprint density at radius 2 is 1.91 bits per heavy atom. The molecule has 4 rings (SSSR count). The number of hydrogen-bond donors (Lipinski definition) is 2.